The fourth-order valence-electron chi connectivity index (χ4n) is 3.71. The van der Waals surface area contributed by atoms with Crippen LogP contribution in [0.4, 0.5) is 22.0 Å². The molecule has 0 atom stereocenters. The summed E-state index contributed by atoms with van der Waals surface area (Å²) in [5.74, 6) is 8.17. The van der Waals surface area contributed by atoms with Gasteiger partial charge in [-0.05, 0) is 73.2 Å². The highest BCUT2D eigenvalue weighted by Gasteiger charge is 2.08. The van der Waals surface area contributed by atoms with Crippen LogP contribution in [0.2, 0.25) is 0 Å². The molecule has 2 heterocycles. The molecular weight excluding hydrogens is 476 g/mol. The quantitative estimate of drug-likeness (QED) is 0.246. The van der Waals surface area contributed by atoms with Gasteiger partial charge in [0, 0.05) is 28.5 Å². The summed E-state index contributed by atoms with van der Waals surface area (Å²) in [6, 6.07) is 24.2. The van der Waals surface area contributed by atoms with Gasteiger partial charge >= 0.3 is 6.03 Å². The number of nitrogens with zero attached hydrogens (tertiary/aromatic N) is 3. The molecule has 0 bridgehead atoms. The van der Waals surface area contributed by atoms with E-state index >= 15 is 0 Å². The van der Waals surface area contributed by atoms with Crippen molar-refractivity contribution in [1.82, 2.24) is 20.3 Å². The zero-order valence-electron chi connectivity index (χ0n) is 20.6. The van der Waals surface area contributed by atoms with Crippen LogP contribution in [0.3, 0.4) is 0 Å². The molecule has 0 aliphatic rings. The number of nitrogens with one attached hydrogen (secondary N) is 3. The van der Waals surface area contributed by atoms with Gasteiger partial charge in [-0.2, -0.15) is 0 Å². The fourth-order valence-corrected chi connectivity index (χ4v) is 3.71. The minimum Gasteiger partial charge on any atom is -0.455 e. The molecule has 8 nitrogen and oxygen atoms in total. The van der Waals surface area contributed by atoms with Crippen LogP contribution in [0.5, 0.6) is 11.5 Å². The van der Waals surface area contributed by atoms with Crippen molar-refractivity contribution < 1.29 is 9.53 Å². The summed E-state index contributed by atoms with van der Waals surface area (Å²) in [7, 11) is 0. The molecule has 5 aromatic rings. The lowest BCUT2D eigenvalue weighted by Crippen LogP contribution is -2.28. The predicted octanol–water partition coefficient (Wildman–Crippen LogP) is 6.04. The first kappa shape index (κ1) is 24.3. The molecule has 5 rings (SSSR count). The van der Waals surface area contributed by atoms with Crippen LogP contribution in [0.1, 0.15) is 11.1 Å². The third kappa shape index (κ3) is 6.22. The lowest BCUT2D eigenvalue weighted by Gasteiger charge is -2.12. The molecule has 186 valence electrons. The fraction of sp³-hybridized carbons (Fsp3) is 0.0667. The zero-order valence-corrected chi connectivity index (χ0v) is 20.6. The second kappa shape index (κ2) is 11.5. The Balaban J connectivity index is 1.26. The number of para-hydroxylation sites is 1. The molecule has 0 saturated heterocycles. The van der Waals surface area contributed by atoms with Crippen molar-refractivity contribution in [1.29, 1.82) is 0 Å². The molecule has 0 spiro atoms. The predicted molar refractivity (Wildman–Crippen MR) is 149 cm³/mol. The van der Waals surface area contributed by atoms with Crippen LogP contribution < -0.4 is 20.7 Å². The van der Waals surface area contributed by atoms with Crippen LogP contribution in [0.25, 0.3) is 10.9 Å². The van der Waals surface area contributed by atoms with Gasteiger partial charge in [-0.25, -0.2) is 14.8 Å². The molecule has 2 amide bonds. The van der Waals surface area contributed by atoms with E-state index in [0.29, 0.717) is 11.6 Å². The number of aromatic nitrogens is 3. The van der Waals surface area contributed by atoms with Crippen molar-refractivity contribution in [3.63, 3.8) is 0 Å². The maximum Gasteiger partial charge on any atom is 0.319 e. The number of aryl methyl sites for hydroxylation is 1. The first-order valence-electron chi connectivity index (χ1n) is 11.9. The summed E-state index contributed by atoms with van der Waals surface area (Å²) in [5.41, 5.74) is 4.13. The molecule has 0 unspecified atom stereocenters. The third-order valence-corrected chi connectivity index (χ3v) is 5.54. The number of fused-ring (bicyclic) bond motifs is 1. The molecule has 0 aliphatic carbocycles. The number of rotatable bonds is 6. The Morgan fingerprint density at radius 1 is 0.947 bits per heavy atom. The SMILES string of the molecule is Cc1cc(Nc2ncnc3ccc(C#CCNC(=O)Nc4ccccc4)cc23)ccc1Oc1cccnc1. The minimum absolute atomic E-state index is 0.208. The summed E-state index contributed by atoms with van der Waals surface area (Å²) in [6.07, 6.45) is 4.91. The van der Waals surface area contributed by atoms with Gasteiger partial charge in [0.05, 0.1) is 18.3 Å². The van der Waals surface area contributed by atoms with Gasteiger partial charge in [-0.3, -0.25) is 4.98 Å². The Bertz CT molecular complexity index is 1630. The number of ether oxygens (including phenoxy) is 1. The lowest BCUT2D eigenvalue weighted by atomic mass is 10.1. The van der Waals surface area contributed by atoms with Gasteiger partial charge < -0.3 is 20.7 Å². The van der Waals surface area contributed by atoms with Crippen molar-refractivity contribution in [2.45, 2.75) is 6.92 Å². The van der Waals surface area contributed by atoms with Crippen molar-refractivity contribution in [3.8, 4) is 23.3 Å². The van der Waals surface area contributed by atoms with Crippen LogP contribution in [-0.2, 0) is 0 Å². The number of carbonyl (C=O) groups excluding carboxylic acids is 1. The van der Waals surface area contributed by atoms with E-state index in [-0.39, 0.29) is 12.6 Å². The highest BCUT2D eigenvalue weighted by atomic mass is 16.5. The van der Waals surface area contributed by atoms with E-state index < -0.39 is 0 Å². The smallest absolute Gasteiger partial charge is 0.319 e. The average molecular weight is 501 g/mol. The zero-order chi connectivity index (χ0) is 26.2. The number of hydrogen-bond acceptors (Lipinski definition) is 6. The largest absolute Gasteiger partial charge is 0.455 e. The Morgan fingerprint density at radius 2 is 1.84 bits per heavy atom. The normalized spacial score (nSPS) is 10.2. The number of urea groups is 1. The van der Waals surface area contributed by atoms with E-state index in [1.165, 1.54) is 6.33 Å². The molecule has 0 fully saturated rings. The van der Waals surface area contributed by atoms with Crippen molar-refractivity contribution in [2.24, 2.45) is 0 Å². The Kier molecular flexibility index (Phi) is 7.38. The number of anilines is 3. The summed E-state index contributed by atoms with van der Waals surface area (Å²) < 4.78 is 5.93. The number of carbonyl (C=O) groups is 1. The standard InChI is InChI=1S/C30H24N6O2/c1-21-17-24(12-14-28(21)38-25-10-6-15-31-19-25)35-29-26-18-22(11-13-27(26)33-20-34-29)7-5-16-32-30(37)36-23-8-3-2-4-9-23/h2-4,6,8-15,17-20H,16H2,1H3,(H2,32,36,37)(H,33,34,35). The molecule has 38 heavy (non-hydrogen) atoms. The van der Waals surface area contributed by atoms with Crippen LogP contribution in [0.15, 0.2) is 97.6 Å². The Hall–Kier alpha value is -5.42. The third-order valence-electron chi connectivity index (χ3n) is 5.54. The monoisotopic (exact) mass is 500 g/mol. The lowest BCUT2D eigenvalue weighted by molar-refractivity contribution is 0.253. The topological polar surface area (TPSA) is 101 Å². The number of pyridine rings is 1. The van der Waals surface area contributed by atoms with Gasteiger partial charge in [0.1, 0.15) is 23.6 Å². The highest BCUT2D eigenvalue weighted by Crippen LogP contribution is 2.29. The van der Waals surface area contributed by atoms with E-state index in [0.717, 1.165) is 39.2 Å². The van der Waals surface area contributed by atoms with Gasteiger partial charge in [-0.1, -0.05) is 30.0 Å². The van der Waals surface area contributed by atoms with Crippen molar-refractivity contribution in [3.05, 3.63) is 109 Å². The second-order valence-corrected chi connectivity index (χ2v) is 8.33. The molecule has 3 aromatic carbocycles. The summed E-state index contributed by atoms with van der Waals surface area (Å²) >= 11 is 0. The second-order valence-electron chi connectivity index (χ2n) is 8.33. The summed E-state index contributed by atoms with van der Waals surface area (Å²) in [4.78, 5) is 24.9. The maximum atomic E-state index is 12.0. The van der Waals surface area contributed by atoms with E-state index in [4.69, 9.17) is 4.74 Å². The molecule has 2 aromatic heterocycles. The van der Waals surface area contributed by atoms with E-state index in [1.54, 1.807) is 12.4 Å². The summed E-state index contributed by atoms with van der Waals surface area (Å²) in [5, 5.41) is 9.71. The first-order chi connectivity index (χ1) is 18.6. The number of amides is 2. The average Bonchev–Trinajstić information content (AvgIpc) is 2.94. The molecule has 0 saturated carbocycles. The van der Waals surface area contributed by atoms with Crippen molar-refractivity contribution >= 4 is 34.1 Å². The van der Waals surface area contributed by atoms with E-state index in [1.807, 2.05) is 85.8 Å². The minimum atomic E-state index is -0.309. The van der Waals surface area contributed by atoms with Gasteiger partial charge in [0.15, 0.2) is 0 Å². The maximum absolute atomic E-state index is 12.0. The molecule has 8 heteroatoms. The van der Waals surface area contributed by atoms with Crippen molar-refractivity contribution in [2.75, 3.05) is 17.2 Å². The van der Waals surface area contributed by atoms with Gasteiger partial charge in [-0.15, -0.1) is 0 Å². The van der Waals surface area contributed by atoms with Gasteiger partial charge in [0.2, 0.25) is 0 Å². The van der Waals surface area contributed by atoms with Gasteiger partial charge in [0.25, 0.3) is 0 Å². The van der Waals surface area contributed by atoms with Crippen LogP contribution in [0, 0.1) is 18.8 Å². The molecular formula is C30H24N6O2. The van der Waals surface area contributed by atoms with E-state index in [2.05, 4.69) is 42.7 Å². The Morgan fingerprint density at radius 3 is 2.66 bits per heavy atom. The number of hydrogen-bond donors (Lipinski definition) is 3. The number of benzene rings is 3. The Labute approximate surface area is 220 Å². The van der Waals surface area contributed by atoms with Crippen LogP contribution in [-0.4, -0.2) is 27.5 Å². The van der Waals surface area contributed by atoms with E-state index in [9.17, 15) is 4.79 Å². The first-order valence-corrected chi connectivity index (χ1v) is 11.9. The molecule has 0 aliphatic heterocycles. The van der Waals surface area contributed by atoms with Crippen LogP contribution >= 0.6 is 0 Å². The summed E-state index contributed by atoms with van der Waals surface area (Å²) in [6.45, 7) is 2.19. The molecule has 0 radical (unpaired) electrons. The highest BCUT2D eigenvalue weighted by molar-refractivity contribution is 5.92. The molecule has 3 N–H and O–H groups in total.